The molecule has 3 heterocycles. The number of carbonyl (C=O) groups excluding carboxylic acids is 4. The molecule has 7 atom stereocenters. The van der Waals surface area contributed by atoms with Gasteiger partial charge in [-0.25, -0.2) is 9.69 Å². The van der Waals surface area contributed by atoms with Gasteiger partial charge in [-0.2, -0.15) is 0 Å². The topological polar surface area (TPSA) is 167 Å². The first-order chi connectivity index (χ1) is 35.1. The van der Waals surface area contributed by atoms with Crippen molar-refractivity contribution in [2.24, 2.45) is 5.92 Å². The van der Waals surface area contributed by atoms with Gasteiger partial charge in [0.05, 0.1) is 49.6 Å². The van der Waals surface area contributed by atoms with Gasteiger partial charge >= 0.3 is 12.1 Å². The number of rotatable bonds is 16. The number of hydrogen-bond acceptors (Lipinski definition) is 12. The molecular formula is C58H56N4O10. The van der Waals surface area contributed by atoms with E-state index in [0.717, 1.165) is 16.0 Å². The summed E-state index contributed by atoms with van der Waals surface area (Å²) in [5, 5.41) is 24.0. The van der Waals surface area contributed by atoms with Crippen molar-refractivity contribution in [1.82, 2.24) is 15.1 Å². The standard InChI is InChI=1S/C58H56N4O10/c1-60(38-40-16-7-3-8-17-40)31-15-18-39-25-30-47-46(36-39)58(56(67)61(47)57(68)71-35-34-69-2)49(54(65)59-37-48(64)41-19-9-4-10-20-41)51-55(66)72-52(43-23-13-6-14-24-43)50(42-21-11-5-12-22-42)62(51)53(58)44-26-28-45(29-27-44)70-33-32-63/h3-14,16-17,19-30,36,48-53,63-64H,31-35,37-38H2,1-2H3,(H,59,65). The minimum absolute atomic E-state index is 0.0243. The fourth-order valence-corrected chi connectivity index (χ4v) is 10.5. The lowest BCUT2D eigenvalue weighted by atomic mass is 9.65. The number of nitrogens with zero attached hydrogens (tertiary/aromatic N) is 3. The molecule has 6 aromatic rings. The van der Waals surface area contributed by atoms with E-state index in [0.29, 0.717) is 41.1 Å². The van der Waals surface area contributed by atoms with Crippen molar-refractivity contribution in [3.63, 3.8) is 0 Å². The van der Waals surface area contributed by atoms with Gasteiger partial charge in [-0.15, -0.1) is 0 Å². The molecule has 0 aromatic heterocycles. The number of aliphatic hydroxyl groups excluding tert-OH is 2. The molecule has 0 bridgehead atoms. The second-order valence-electron chi connectivity index (χ2n) is 18.0. The van der Waals surface area contributed by atoms with E-state index in [9.17, 15) is 15.0 Å². The number of morpholine rings is 1. The molecular weight excluding hydrogens is 913 g/mol. The summed E-state index contributed by atoms with van der Waals surface area (Å²) >= 11 is 0. The predicted molar refractivity (Wildman–Crippen MR) is 268 cm³/mol. The lowest BCUT2D eigenvalue weighted by Crippen LogP contribution is -2.56. The Morgan fingerprint density at radius 3 is 2.11 bits per heavy atom. The lowest BCUT2D eigenvalue weighted by Gasteiger charge is -2.46. The number of fused-ring (bicyclic) bond motifs is 3. The van der Waals surface area contributed by atoms with Gasteiger partial charge in [-0.05, 0) is 70.8 Å². The Labute approximate surface area is 418 Å². The van der Waals surface area contributed by atoms with Gasteiger partial charge in [0.2, 0.25) is 11.8 Å². The first kappa shape index (κ1) is 49.3. The summed E-state index contributed by atoms with van der Waals surface area (Å²) < 4.78 is 23.3. The highest BCUT2D eigenvalue weighted by Crippen LogP contribution is 2.66. The van der Waals surface area contributed by atoms with Crippen LogP contribution in [0, 0.1) is 17.8 Å². The monoisotopic (exact) mass is 968 g/mol. The molecule has 2 saturated heterocycles. The number of imide groups is 1. The zero-order chi connectivity index (χ0) is 50.2. The summed E-state index contributed by atoms with van der Waals surface area (Å²) in [6.45, 7) is 0.419. The summed E-state index contributed by atoms with van der Waals surface area (Å²) in [5.74, 6) is 3.07. The second kappa shape index (κ2) is 22.2. The summed E-state index contributed by atoms with van der Waals surface area (Å²) in [6, 6.07) is 46.2. The van der Waals surface area contributed by atoms with Crippen LogP contribution >= 0.6 is 0 Å². The van der Waals surface area contributed by atoms with Gasteiger partial charge in [0.25, 0.3) is 0 Å². The van der Waals surface area contributed by atoms with Crippen LogP contribution in [0.5, 0.6) is 5.75 Å². The minimum Gasteiger partial charge on any atom is -0.491 e. The average Bonchev–Trinajstić information content (AvgIpc) is 3.87. The van der Waals surface area contributed by atoms with E-state index >= 15 is 14.4 Å². The number of aliphatic hydroxyl groups is 2. The van der Waals surface area contributed by atoms with Gasteiger partial charge in [0.15, 0.2) is 0 Å². The number of carbonyl (C=O) groups is 4. The Balaban J connectivity index is 1.28. The van der Waals surface area contributed by atoms with E-state index < -0.39 is 65.5 Å². The molecule has 3 aliphatic heterocycles. The third-order valence-electron chi connectivity index (χ3n) is 13.5. The number of methoxy groups -OCH3 is 1. The molecule has 72 heavy (non-hydrogen) atoms. The fraction of sp³-hybridized carbons (Fsp3) is 0.276. The zero-order valence-electron chi connectivity index (χ0n) is 40.0. The zero-order valence-corrected chi connectivity index (χ0v) is 40.0. The summed E-state index contributed by atoms with van der Waals surface area (Å²) in [6.07, 6.45) is -3.11. The van der Waals surface area contributed by atoms with Crippen LogP contribution in [0.1, 0.15) is 63.2 Å². The van der Waals surface area contributed by atoms with E-state index in [-0.39, 0.29) is 44.2 Å². The number of cyclic esters (lactones) is 1. The Morgan fingerprint density at radius 1 is 0.792 bits per heavy atom. The highest BCUT2D eigenvalue weighted by molar-refractivity contribution is 6.23. The molecule has 368 valence electrons. The van der Waals surface area contributed by atoms with Crippen LogP contribution in [0.15, 0.2) is 164 Å². The van der Waals surface area contributed by atoms with Gasteiger partial charge in [-0.1, -0.05) is 145 Å². The number of hydrogen-bond donors (Lipinski definition) is 3. The van der Waals surface area contributed by atoms with Crippen molar-refractivity contribution in [2.45, 2.75) is 42.3 Å². The van der Waals surface area contributed by atoms with Crippen LogP contribution in [0.2, 0.25) is 0 Å². The van der Waals surface area contributed by atoms with Crippen LogP contribution < -0.4 is 15.0 Å². The van der Waals surface area contributed by atoms with Crippen molar-refractivity contribution in [3.8, 4) is 17.6 Å². The van der Waals surface area contributed by atoms with E-state index in [1.165, 1.54) is 7.11 Å². The smallest absolute Gasteiger partial charge is 0.421 e. The number of anilines is 1. The van der Waals surface area contributed by atoms with Gasteiger partial charge in [0, 0.05) is 25.8 Å². The molecule has 14 nitrogen and oxygen atoms in total. The molecule has 6 aromatic carbocycles. The maximum absolute atomic E-state index is 16.5. The SMILES string of the molecule is COCCOC(=O)N1C(=O)C2(c3cc(C#CCN(C)Cc4ccccc4)ccc31)C(C(=O)NCC(O)c1ccccc1)C1C(=O)OC(c3ccccc3)C(c3ccccc3)N1C2c1ccc(OCCO)cc1. The summed E-state index contributed by atoms with van der Waals surface area (Å²) in [5.41, 5.74) is 2.38. The quantitative estimate of drug-likeness (QED) is 0.0526. The highest BCUT2D eigenvalue weighted by Gasteiger charge is 2.75. The molecule has 1 spiro atoms. The number of amides is 3. The molecule has 0 saturated carbocycles. The van der Waals surface area contributed by atoms with Crippen LogP contribution in [-0.4, -0.2) is 104 Å². The Bertz CT molecular complexity index is 2920. The molecule has 3 amide bonds. The first-order valence-corrected chi connectivity index (χ1v) is 23.9. The summed E-state index contributed by atoms with van der Waals surface area (Å²) in [7, 11) is 3.43. The van der Waals surface area contributed by atoms with Crippen molar-refractivity contribution >= 4 is 29.6 Å². The van der Waals surface area contributed by atoms with Crippen LogP contribution in [0.4, 0.5) is 10.5 Å². The van der Waals surface area contributed by atoms with Crippen LogP contribution in [0.3, 0.4) is 0 Å². The van der Waals surface area contributed by atoms with Crippen molar-refractivity contribution < 1.29 is 48.3 Å². The number of benzene rings is 6. The Kier molecular flexibility index (Phi) is 15.2. The molecule has 7 unspecified atom stereocenters. The number of esters is 1. The minimum atomic E-state index is -2.09. The largest absolute Gasteiger partial charge is 0.491 e. The van der Waals surface area contributed by atoms with Crippen molar-refractivity contribution in [3.05, 3.63) is 203 Å². The molecule has 3 N–H and O–H groups in total. The highest BCUT2D eigenvalue weighted by atomic mass is 16.6. The molecule has 2 fully saturated rings. The Morgan fingerprint density at radius 2 is 1.44 bits per heavy atom. The van der Waals surface area contributed by atoms with Crippen LogP contribution in [-0.2, 0) is 40.6 Å². The molecule has 9 rings (SSSR count). The number of nitrogens with one attached hydrogen (secondary N) is 1. The van der Waals surface area contributed by atoms with Gasteiger partial charge < -0.3 is 34.5 Å². The lowest BCUT2D eigenvalue weighted by molar-refractivity contribution is -0.178. The van der Waals surface area contributed by atoms with Gasteiger partial charge in [-0.3, -0.25) is 24.2 Å². The fourth-order valence-electron chi connectivity index (χ4n) is 10.5. The molecule has 0 aliphatic carbocycles. The third-order valence-corrected chi connectivity index (χ3v) is 13.5. The molecule has 3 aliphatic rings. The normalized spacial score (nSPS) is 21.6. The van der Waals surface area contributed by atoms with E-state index in [2.05, 4.69) is 22.1 Å². The average molecular weight is 969 g/mol. The van der Waals surface area contributed by atoms with E-state index in [4.69, 9.17) is 18.9 Å². The third kappa shape index (κ3) is 9.73. The van der Waals surface area contributed by atoms with E-state index in [1.54, 1.807) is 66.7 Å². The van der Waals surface area contributed by atoms with Gasteiger partial charge in [0.1, 0.15) is 36.5 Å². The Hall–Kier alpha value is -7.64. The number of ether oxygens (including phenoxy) is 4. The maximum atomic E-state index is 16.5. The second-order valence-corrected chi connectivity index (χ2v) is 18.0. The molecule has 14 heteroatoms. The van der Waals surface area contributed by atoms with E-state index in [1.807, 2.05) is 109 Å². The van der Waals surface area contributed by atoms with Crippen LogP contribution in [0.25, 0.3) is 0 Å². The molecule has 0 radical (unpaired) electrons. The van der Waals surface area contributed by atoms with Crippen molar-refractivity contribution in [2.75, 3.05) is 58.6 Å². The predicted octanol–water partition coefficient (Wildman–Crippen LogP) is 6.84. The maximum Gasteiger partial charge on any atom is 0.421 e. The first-order valence-electron chi connectivity index (χ1n) is 23.9. The van der Waals surface area contributed by atoms with Crippen molar-refractivity contribution in [1.29, 1.82) is 0 Å². The summed E-state index contributed by atoms with van der Waals surface area (Å²) in [4.78, 5) is 67.2.